The fourth-order valence-corrected chi connectivity index (χ4v) is 21.8. The van der Waals surface area contributed by atoms with Gasteiger partial charge in [0.1, 0.15) is 0 Å². The van der Waals surface area contributed by atoms with Gasteiger partial charge in [0, 0.05) is 62.2 Å². The van der Waals surface area contributed by atoms with E-state index in [9.17, 15) is 28.8 Å². The van der Waals surface area contributed by atoms with E-state index in [1.807, 2.05) is 374 Å². The quantitative estimate of drug-likeness (QED) is 0.0735. The number of nitrogens with zero attached hydrogens (tertiary/aromatic N) is 1. The van der Waals surface area contributed by atoms with Crippen molar-refractivity contribution in [1.29, 1.82) is 5.26 Å². The fourth-order valence-electron chi connectivity index (χ4n) is 7.27. The number of nitrogens with one attached hydrogen (secondary N) is 1. The summed E-state index contributed by atoms with van der Waals surface area (Å²) >= 11 is 0. The summed E-state index contributed by atoms with van der Waals surface area (Å²) < 4.78 is 101. The number of hydrogen-bond acceptors (Lipinski definition) is 25. The molecule has 0 bridgehead atoms. The molecule has 0 spiro atoms. The summed E-state index contributed by atoms with van der Waals surface area (Å²) in [6.45, 7) is 99.9. The second-order valence-electron chi connectivity index (χ2n) is 43.1. The third kappa shape index (κ3) is 115. The van der Waals surface area contributed by atoms with Crippen LogP contribution in [0.2, 0.25) is 0 Å². The third-order valence-electron chi connectivity index (χ3n) is 7.81. The van der Waals surface area contributed by atoms with Crippen molar-refractivity contribution >= 4 is 54.3 Å². The first-order valence-electron chi connectivity index (χ1n) is 36.1. The molecule has 28 nitrogen and oxygen atoms in total. The molecular weight excluding hydrogens is 2040 g/mol. The van der Waals surface area contributed by atoms with Gasteiger partial charge in [-0.15, -0.1) is 0 Å². The maximum Gasteiger partial charge on any atom is 1.00 e. The minimum Gasteiger partial charge on any atom is -0.793 e. The molecule has 0 aromatic carbocycles. The maximum absolute atomic E-state index is 12.6. The van der Waals surface area contributed by atoms with Gasteiger partial charge in [-0.2, -0.15) is 0 Å². The summed E-state index contributed by atoms with van der Waals surface area (Å²) in [5.74, 6) is 0. The van der Waals surface area contributed by atoms with E-state index < -0.39 is 155 Å². The standard InChI is InChI=1S/4C12H28O4Si.2C12H27O4Si.CHN2.2K.2H2O.2U/c6*1-10(2,3)14-17(13,15-11(4,5)6)16-12(7,8)9;2-1-3;;;;;;/h4*13H,1-9H3;2*1-9H3;2H;;;2*1H2;;/q;;;;3*-1;2*+1;;;;. The molecule has 0 aromatic rings. The van der Waals surface area contributed by atoms with Crippen LogP contribution in [0.15, 0.2) is 0 Å². The molecule has 38 heteroatoms. The summed E-state index contributed by atoms with van der Waals surface area (Å²) in [5, 5.41) is 6.99. The summed E-state index contributed by atoms with van der Waals surface area (Å²) in [7, 11) is -22.4. The zero-order chi connectivity index (χ0) is 87.4. The predicted molar refractivity (Wildman–Crippen MR) is 436 cm³/mol. The van der Waals surface area contributed by atoms with E-state index in [4.69, 9.17) is 90.7 Å². The fraction of sp³-hybridized carbons (Fsp3) is 0.986. The zero-order valence-corrected chi connectivity index (χ0v) is 102. The van der Waals surface area contributed by atoms with Crippen molar-refractivity contribution in [2.24, 2.45) is 0 Å². The molecule has 0 radical (unpaired) electrons. The van der Waals surface area contributed by atoms with E-state index in [1.165, 1.54) is 0 Å². The van der Waals surface area contributed by atoms with Crippen molar-refractivity contribution in [2.45, 2.75) is 475 Å². The zero-order valence-electron chi connectivity index (χ0n) is 81.4. The van der Waals surface area contributed by atoms with Gasteiger partial charge in [0.25, 0.3) is 0 Å². The molecule has 0 heterocycles. The van der Waals surface area contributed by atoms with Gasteiger partial charge in [0.2, 0.25) is 0 Å². The van der Waals surface area contributed by atoms with Gasteiger partial charge in [-0.05, 0) is 374 Å². The van der Waals surface area contributed by atoms with Crippen molar-refractivity contribution in [3.63, 3.8) is 0 Å². The van der Waals surface area contributed by atoms with E-state index in [1.54, 1.807) is 0 Å². The van der Waals surface area contributed by atoms with Crippen LogP contribution in [-0.2, 0) is 79.7 Å². The van der Waals surface area contributed by atoms with Crippen molar-refractivity contribution < 1.29 is 284 Å². The molecule has 0 saturated heterocycles. The Balaban J connectivity index is -0.0000000926. The van der Waals surface area contributed by atoms with Gasteiger partial charge in [-0.3, -0.25) is 0 Å². The Morgan fingerprint density at radius 2 is 0.243 bits per heavy atom. The van der Waals surface area contributed by atoms with Crippen LogP contribution in [0.4, 0.5) is 0 Å². The van der Waals surface area contributed by atoms with Gasteiger partial charge in [-0.25, -0.2) is 0 Å². The normalized spacial score (nSPS) is 14.0. The van der Waals surface area contributed by atoms with Crippen molar-refractivity contribution in [2.75, 3.05) is 0 Å². The Morgan fingerprint density at radius 1 is 0.198 bits per heavy atom. The van der Waals surface area contributed by atoms with Crippen molar-refractivity contribution in [1.82, 2.24) is 0 Å². The molecule has 0 aliphatic carbocycles. The molecule has 111 heavy (non-hydrogen) atoms. The van der Waals surface area contributed by atoms with Crippen LogP contribution in [0.25, 0.3) is 5.73 Å². The Labute approximate surface area is 819 Å². The first-order chi connectivity index (χ1) is 44.1. The molecule has 9 N–H and O–H groups in total. The molecule has 664 valence electrons. The Bertz CT molecular complexity index is 1790. The van der Waals surface area contributed by atoms with Crippen LogP contribution in [0.1, 0.15) is 374 Å². The molecule has 0 aromatic heterocycles. The second kappa shape index (κ2) is 52.9. The summed E-state index contributed by atoms with van der Waals surface area (Å²) in [5.41, 5.74) is -4.16. The van der Waals surface area contributed by atoms with Gasteiger partial charge in [0.15, 0.2) is 0 Å². The maximum atomic E-state index is 12.6. The summed E-state index contributed by atoms with van der Waals surface area (Å²) in [6, 6.07) is 0. The van der Waals surface area contributed by atoms with E-state index in [0.717, 1.165) is 6.19 Å². The van der Waals surface area contributed by atoms with Gasteiger partial charge in [-0.1, -0.05) is 6.19 Å². The van der Waals surface area contributed by atoms with Crippen LogP contribution in [0.3, 0.4) is 0 Å². The molecule has 0 unspecified atom stereocenters. The molecule has 0 aliphatic heterocycles. The summed E-state index contributed by atoms with van der Waals surface area (Å²) in [4.78, 5) is 67.2. The smallest absolute Gasteiger partial charge is 0.793 e. The van der Waals surface area contributed by atoms with E-state index in [-0.39, 0.29) is 176 Å². The van der Waals surface area contributed by atoms with E-state index in [2.05, 4.69) is 0 Å². The molecule has 0 atom stereocenters. The molecule has 0 aliphatic rings. The Morgan fingerprint density at radius 3 is 0.279 bits per heavy atom. The van der Waals surface area contributed by atoms with Crippen molar-refractivity contribution in [3.8, 4) is 6.19 Å². The molecule has 0 saturated carbocycles. The minimum absolute atomic E-state index is 0. The van der Waals surface area contributed by atoms with Crippen molar-refractivity contribution in [3.05, 3.63) is 5.73 Å². The van der Waals surface area contributed by atoms with E-state index >= 15 is 0 Å². The molecular formula is C73H171K2N2O26Si6U2-. The molecule has 0 fully saturated rings. The topological polar surface area (TPSA) is 404 Å². The van der Waals surface area contributed by atoms with Gasteiger partial charge in [0.05, 0.1) is 101 Å². The Kier molecular flexibility index (Phi) is 68.9. The second-order valence-corrected chi connectivity index (χ2v) is 52.9. The van der Waals surface area contributed by atoms with Crippen LogP contribution in [0, 0.1) is 73.7 Å². The average molecular weight is 2220 g/mol. The van der Waals surface area contributed by atoms with Gasteiger partial charge < -0.3 is 130 Å². The van der Waals surface area contributed by atoms with Crippen LogP contribution in [0.5, 0.6) is 0 Å². The number of hydrogen-bond donors (Lipinski definition) is 4. The summed E-state index contributed by atoms with van der Waals surface area (Å²) in [6.07, 6.45) is 1.00. The monoisotopic (exact) mass is 2210 g/mol. The SMILES string of the molecule is CC(C)(C)O[Si](O)(OC(C)(C)C)OC(C)(C)C.CC(C)(C)O[Si](O)(OC(C)(C)C)OC(C)(C)C.CC(C)(C)O[Si](O)(OC(C)(C)C)OC(C)(C)C.CC(C)(C)O[Si](O)(OC(C)(C)C)OC(C)(C)C.CC(C)(C)O[Si]([O-])(OC(C)(C)C)OC(C)(C)C.CC(C)(C)O[Si]([O-])(OC(C)(C)C)OC(C)(C)C.N#C[NH-].O.O.[K+].[K+].[U].[U]. The van der Waals surface area contributed by atoms with Crippen LogP contribution >= 0.6 is 0 Å². The first kappa shape index (κ1) is 145. The van der Waals surface area contributed by atoms with Crippen LogP contribution < -0.4 is 112 Å². The molecule has 0 rings (SSSR count). The third-order valence-corrected chi connectivity index (χ3v) is 23.4. The van der Waals surface area contributed by atoms with Crippen LogP contribution in [-0.4, -0.2) is 185 Å². The molecule has 0 amide bonds. The predicted octanol–water partition coefficient (Wildman–Crippen LogP) is 8.77. The largest absolute Gasteiger partial charge is 1.00 e. The van der Waals surface area contributed by atoms with E-state index in [0.29, 0.717) is 0 Å². The average Bonchev–Trinajstić information content (AvgIpc) is 3.07. The minimum atomic E-state index is -3.91. The number of nitriles is 1. The van der Waals surface area contributed by atoms with Gasteiger partial charge >= 0.3 is 157 Å². The Hall–Kier alpha value is 4.93. The number of rotatable bonds is 18. The first-order valence-corrected chi connectivity index (χ1v) is 46.1.